The van der Waals surface area contributed by atoms with Crippen molar-refractivity contribution in [1.29, 1.82) is 0 Å². The van der Waals surface area contributed by atoms with E-state index < -0.39 is 24.0 Å². The third-order valence-electron chi connectivity index (χ3n) is 10.3. The van der Waals surface area contributed by atoms with E-state index in [4.69, 9.17) is 11.5 Å². The average Bonchev–Trinajstić information content (AvgIpc) is 3.03. The van der Waals surface area contributed by atoms with E-state index in [0.717, 1.165) is 77.0 Å². The standard InChI is InChI=1S/C40H44N6O2/c1-43(2)27-18-12-15-23-30(27)38(46(7)8)34-28(44(3)4)20-19-26(42)33(34)32(23)36-39(47)35(40(36)48)31-21-13-9-10-14-22(21)37(45(5)6)24-16-11-17-25(41)29(24)31/h9-20,35-36,39-40H,41-42H2,1-8H3/q-2. The van der Waals surface area contributed by atoms with E-state index in [9.17, 15) is 0 Å². The highest BCUT2D eigenvalue weighted by Gasteiger charge is 2.43. The van der Waals surface area contributed by atoms with Crippen LogP contribution >= 0.6 is 0 Å². The van der Waals surface area contributed by atoms with Crippen molar-refractivity contribution in [2.75, 3.05) is 87.4 Å². The van der Waals surface area contributed by atoms with Crippen LogP contribution in [0.25, 0.3) is 43.1 Å². The predicted octanol–water partition coefficient (Wildman–Crippen LogP) is 5.07. The first kappa shape index (κ1) is 31.7. The fourth-order valence-corrected chi connectivity index (χ4v) is 8.38. The fourth-order valence-electron chi connectivity index (χ4n) is 8.38. The summed E-state index contributed by atoms with van der Waals surface area (Å²) in [6, 6.07) is 24.0. The van der Waals surface area contributed by atoms with Gasteiger partial charge in [0.25, 0.3) is 0 Å². The molecule has 6 aromatic rings. The lowest BCUT2D eigenvalue weighted by molar-refractivity contribution is -0.535. The molecule has 248 valence electrons. The maximum Gasteiger partial charge on any atom is 0.0563 e. The molecule has 0 heterocycles. The van der Waals surface area contributed by atoms with Gasteiger partial charge in [-0.05, 0) is 58.0 Å². The smallest absolute Gasteiger partial charge is 0.0563 e. The molecule has 0 amide bonds. The van der Waals surface area contributed by atoms with Crippen molar-refractivity contribution >= 4 is 77.2 Å². The van der Waals surface area contributed by atoms with Crippen molar-refractivity contribution in [3.8, 4) is 0 Å². The molecule has 8 heteroatoms. The lowest BCUT2D eigenvalue weighted by Gasteiger charge is -2.62. The van der Waals surface area contributed by atoms with Crippen molar-refractivity contribution in [3.05, 3.63) is 83.9 Å². The van der Waals surface area contributed by atoms with E-state index in [-0.39, 0.29) is 0 Å². The van der Waals surface area contributed by atoms with Crippen LogP contribution in [0, 0.1) is 0 Å². The fraction of sp³-hybridized carbons (Fsp3) is 0.300. The van der Waals surface area contributed by atoms with Crippen LogP contribution < -0.4 is 41.3 Å². The van der Waals surface area contributed by atoms with Crippen LogP contribution in [0.15, 0.2) is 72.8 Å². The van der Waals surface area contributed by atoms with Gasteiger partial charge in [0.1, 0.15) is 0 Å². The summed E-state index contributed by atoms with van der Waals surface area (Å²) in [6.45, 7) is 0. The number of nitrogens with two attached hydrogens (primary N) is 2. The van der Waals surface area contributed by atoms with Crippen molar-refractivity contribution in [3.63, 3.8) is 0 Å². The molecule has 6 aromatic carbocycles. The highest BCUT2D eigenvalue weighted by molar-refractivity contribution is 6.24. The van der Waals surface area contributed by atoms with Gasteiger partial charge in [0.15, 0.2) is 0 Å². The van der Waals surface area contributed by atoms with Gasteiger partial charge < -0.3 is 41.3 Å². The molecule has 0 aliphatic heterocycles. The summed E-state index contributed by atoms with van der Waals surface area (Å²) in [6.07, 6.45) is -2.43. The number of benzene rings is 6. The highest BCUT2D eigenvalue weighted by Crippen LogP contribution is 2.57. The number of anilines is 6. The van der Waals surface area contributed by atoms with Crippen molar-refractivity contribution in [2.45, 2.75) is 24.0 Å². The Hall–Kier alpha value is -4.92. The van der Waals surface area contributed by atoms with Gasteiger partial charge in [-0.3, -0.25) is 0 Å². The van der Waals surface area contributed by atoms with Gasteiger partial charge in [0, 0.05) is 111 Å². The summed E-state index contributed by atoms with van der Waals surface area (Å²) in [5.74, 6) is -1.61. The quantitative estimate of drug-likeness (QED) is 0.192. The van der Waals surface area contributed by atoms with Gasteiger partial charge >= 0.3 is 0 Å². The molecule has 1 aliphatic rings. The Balaban J connectivity index is 1.56. The molecule has 1 fully saturated rings. The minimum Gasteiger partial charge on any atom is -0.851 e. The Morgan fingerprint density at radius 1 is 0.438 bits per heavy atom. The van der Waals surface area contributed by atoms with Gasteiger partial charge in [-0.1, -0.05) is 48.5 Å². The third-order valence-corrected chi connectivity index (χ3v) is 10.3. The minimum absolute atomic E-state index is 0.559. The number of hydrogen-bond acceptors (Lipinski definition) is 8. The van der Waals surface area contributed by atoms with Gasteiger partial charge in [-0.25, -0.2) is 0 Å². The Labute approximate surface area is 282 Å². The molecule has 2 atom stereocenters. The molecular formula is C40H44N6O2-2. The molecule has 0 saturated heterocycles. The number of nitrogen functional groups attached to an aromatic ring is 2. The normalized spacial score (nSPS) is 19.2. The van der Waals surface area contributed by atoms with E-state index in [1.807, 2.05) is 117 Å². The van der Waals surface area contributed by atoms with Crippen LogP contribution in [0.3, 0.4) is 0 Å². The van der Waals surface area contributed by atoms with E-state index >= 15 is 10.2 Å². The number of rotatable bonds is 6. The summed E-state index contributed by atoms with van der Waals surface area (Å²) >= 11 is 0. The topological polar surface area (TPSA) is 111 Å². The van der Waals surface area contributed by atoms with Crippen LogP contribution in [0.5, 0.6) is 0 Å². The zero-order valence-electron chi connectivity index (χ0n) is 29.0. The molecule has 2 unspecified atom stereocenters. The molecule has 0 bridgehead atoms. The summed E-state index contributed by atoms with van der Waals surface area (Å²) in [7, 11) is 16.2. The Morgan fingerprint density at radius 2 is 0.938 bits per heavy atom. The Bertz CT molecular complexity index is 2230. The molecule has 0 radical (unpaired) electrons. The molecule has 7 rings (SSSR count). The average molecular weight is 641 g/mol. The number of hydrogen-bond donors (Lipinski definition) is 2. The van der Waals surface area contributed by atoms with E-state index in [0.29, 0.717) is 11.4 Å². The largest absolute Gasteiger partial charge is 0.851 e. The van der Waals surface area contributed by atoms with Gasteiger partial charge in [0.05, 0.1) is 11.4 Å². The lowest BCUT2D eigenvalue weighted by Crippen LogP contribution is -2.63. The zero-order valence-corrected chi connectivity index (χ0v) is 29.0. The summed E-state index contributed by atoms with van der Waals surface area (Å²) < 4.78 is 0. The number of fused-ring (bicyclic) bond motifs is 4. The molecular weight excluding hydrogens is 596 g/mol. The van der Waals surface area contributed by atoms with E-state index in [1.165, 1.54) is 0 Å². The van der Waals surface area contributed by atoms with E-state index in [1.54, 1.807) is 0 Å². The van der Waals surface area contributed by atoms with Crippen LogP contribution in [-0.2, 0) is 0 Å². The maximum absolute atomic E-state index is 15.0. The maximum atomic E-state index is 15.0. The van der Waals surface area contributed by atoms with Gasteiger partial charge in [-0.2, -0.15) is 0 Å². The van der Waals surface area contributed by atoms with Crippen LogP contribution in [-0.4, -0.2) is 68.6 Å². The predicted molar refractivity (Wildman–Crippen MR) is 202 cm³/mol. The first-order chi connectivity index (χ1) is 22.9. The lowest BCUT2D eigenvalue weighted by atomic mass is 9.60. The van der Waals surface area contributed by atoms with Crippen molar-refractivity contribution in [1.82, 2.24) is 0 Å². The molecule has 4 N–H and O–H groups in total. The second-order valence-electron chi connectivity index (χ2n) is 14.0. The van der Waals surface area contributed by atoms with E-state index in [2.05, 4.69) is 31.7 Å². The first-order valence-electron chi connectivity index (χ1n) is 16.4. The third kappa shape index (κ3) is 4.36. The summed E-state index contributed by atoms with van der Waals surface area (Å²) in [5, 5.41) is 37.3. The van der Waals surface area contributed by atoms with Crippen molar-refractivity contribution < 1.29 is 10.2 Å². The number of nitrogens with zero attached hydrogens (tertiary/aromatic N) is 4. The monoisotopic (exact) mass is 640 g/mol. The van der Waals surface area contributed by atoms with Gasteiger partial charge in [0.2, 0.25) is 0 Å². The van der Waals surface area contributed by atoms with Crippen molar-refractivity contribution in [2.24, 2.45) is 0 Å². The Kier molecular flexibility index (Phi) is 7.49. The molecule has 0 aromatic heterocycles. The first-order valence-corrected chi connectivity index (χ1v) is 16.4. The zero-order chi connectivity index (χ0) is 34.3. The van der Waals surface area contributed by atoms with Gasteiger partial charge in [-0.15, -0.1) is 12.2 Å². The second-order valence-corrected chi connectivity index (χ2v) is 14.0. The molecule has 8 nitrogen and oxygen atoms in total. The summed E-state index contributed by atoms with van der Waals surface area (Å²) in [5.41, 5.74) is 20.3. The molecule has 48 heavy (non-hydrogen) atoms. The van der Waals surface area contributed by atoms with Crippen LogP contribution in [0.1, 0.15) is 23.0 Å². The minimum atomic E-state index is -1.22. The van der Waals surface area contributed by atoms with Crippen LogP contribution in [0.2, 0.25) is 0 Å². The molecule has 1 saturated carbocycles. The Morgan fingerprint density at radius 3 is 1.54 bits per heavy atom. The van der Waals surface area contributed by atoms with Crippen LogP contribution in [0.4, 0.5) is 34.1 Å². The molecule has 0 spiro atoms. The highest BCUT2D eigenvalue weighted by atomic mass is 16.3. The summed E-state index contributed by atoms with van der Waals surface area (Å²) in [4.78, 5) is 8.36. The second kappa shape index (κ2) is 11.4. The SMILES string of the molecule is CN(C)c1c2ccccc2c(C2C([O-])C(c3c4cccc(N(C)C)c4c(N(C)C)c4c(N(C)C)ccc(N)c34)C2[O-])c2c(N)cccc12. The molecule has 1 aliphatic carbocycles.